The third kappa shape index (κ3) is 4.13. The number of nitrogens with zero attached hydrogens (tertiary/aromatic N) is 1. The number of rotatable bonds is 6. The van der Waals surface area contributed by atoms with Gasteiger partial charge in [-0.15, -0.1) is 0 Å². The van der Waals surface area contributed by atoms with Crippen LogP contribution in [0.2, 0.25) is 0 Å². The Labute approximate surface area is 124 Å². The van der Waals surface area contributed by atoms with Crippen LogP contribution < -0.4 is 5.32 Å². The zero-order valence-corrected chi connectivity index (χ0v) is 12.3. The highest BCUT2D eigenvalue weighted by molar-refractivity contribution is 5.75. The number of benzene rings is 1. The number of carbonyl (C=O) groups is 1. The van der Waals surface area contributed by atoms with Crippen molar-refractivity contribution in [2.75, 3.05) is 0 Å². The van der Waals surface area contributed by atoms with Crippen molar-refractivity contribution in [2.45, 2.75) is 32.4 Å². The maximum Gasteiger partial charge on any atom is 0.310 e. The van der Waals surface area contributed by atoms with E-state index in [1.807, 2.05) is 42.5 Å². The lowest BCUT2D eigenvalue weighted by atomic mass is 10.00. The summed E-state index contributed by atoms with van der Waals surface area (Å²) in [6, 6.07) is 13.7. The summed E-state index contributed by atoms with van der Waals surface area (Å²) in [5, 5.41) is 12.4. The van der Waals surface area contributed by atoms with Gasteiger partial charge in [0.05, 0.1) is 11.6 Å². The van der Waals surface area contributed by atoms with Crippen LogP contribution in [-0.4, -0.2) is 16.1 Å². The third-order valence-corrected chi connectivity index (χ3v) is 3.59. The second kappa shape index (κ2) is 6.99. The highest BCUT2D eigenvalue weighted by atomic mass is 16.4. The molecule has 1 aromatic carbocycles. The molecule has 1 aromatic heterocycles. The van der Waals surface area contributed by atoms with Crippen LogP contribution in [0.25, 0.3) is 0 Å². The molecule has 2 rings (SSSR count). The third-order valence-electron chi connectivity index (χ3n) is 3.59. The fourth-order valence-corrected chi connectivity index (χ4v) is 2.07. The molecule has 4 nitrogen and oxygen atoms in total. The number of hydrogen-bond donors (Lipinski definition) is 2. The molecule has 0 saturated carbocycles. The van der Waals surface area contributed by atoms with Gasteiger partial charge in [0.2, 0.25) is 0 Å². The Kier molecular flexibility index (Phi) is 5.06. The number of pyridine rings is 1. The normalized spacial score (nSPS) is 13.6. The average molecular weight is 284 g/mol. The van der Waals surface area contributed by atoms with Crippen LogP contribution in [-0.2, 0) is 11.3 Å². The predicted octanol–water partition coefficient (Wildman–Crippen LogP) is 3.12. The first kappa shape index (κ1) is 15.2. The van der Waals surface area contributed by atoms with E-state index >= 15 is 0 Å². The van der Waals surface area contributed by atoms with Crippen molar-refractivity contribution < 1.29 is 9.90 Å². The maximum absolute atomic E-state index is 10.9. The van der Waals surface area contributed by atoms with Crippen molar-refractivity contribution >= 4 is 5.97 Å². The summed E-state index contributed by atoms with van der Waals surface area (Å²) in [6.07, 6.45) is 1.79. The number of aromatic nitrogens is 1. The van der Waals surface area contributed by atoms with E-state index in [0.717, 1.165) is 23.4 Å². The summed E-state index contributed by atoms with van der Waals surface area (Å²) in [5.41, 5.74) is 2.96. The molecule has 2 N–H and O–H groups in total. The summed E-state index contributed by atoms with van der Waals surface area (Å²) in [5.74, 6) is -1.27. The fourth-order valence-electron chi connectivity index (χ4n) is 2.07. The van der Waals surface area contributed by atoms with E-state index in [1.165, 1.54) is 0 Å². The van der Waals surface area contributed by atoms with Gasteiger partial charge >= 0.3 is 5.97 Å². The summed E-state index contributed by atoms with van der Waals surface area (Å²) < 4.78 is 0. The molecule has 0 spiro atoms. The van der Waals surface area contributed by atoms with Crippen LogP contribution in [0.4, 0.5) is 0 Å². The Morgan fingerprint density at radius 2 is 1.90 bits per heavy atom. The lowest BCUT2D eigenvalue weighted by molar-refractivity contribution is -0.138. The van der Waals surface area contributed by atoms with E-state index in [1.54, 1.807) is 13.1 Å². The van der Waals surface area contributed by atoms with Crippen molar-refractivity contribution in [1.82, 2.24) is 10.3 Å². The van der Waals surface area contributed by atoms with Gasteiger partial charge in [-0.3, -0.25) is 9.78 Å². The van der Waals surface area contributed by atoms with Crippen molar-refractivity contribution in [1.29, 1.82) is 0 Å². The molecule has 0 fully saturated rings. The van der Waals surface area contributed by atoms with E-state index in [9.17, 15) is 4.79 Å². The van der Waals surface area contributed by atoms with Crippen molar-refractivity contribution in [3.05, 3.63) is 65.5 Å². The Morgan fingerprint density at radius 3 is 2.48 bits per heavy atom. The minimum atomic E-state index is -0.801. The Morgan fingerprint density at radius 1 is 1.19 bits per heavy atom. The van der Waals surface area contributed by atoms with Gasteiger partial charge in [-0.2, -0.15) is 0 Å². The Bertz CT molecular complexity index is 581. The topological polar surface area (TPSA) is 62.2 Å². The summed E-state index contributed by atoms with van der Waals surface area (Å²) >= 11 is 0. The van der Waals surface area contributed by atoms with E-state index < -0.39 is 11.9 Å². The van der Waals surface area contributed by atoms with E-state index in [4.69, 9.17) is 5.11 Å². The maximum atomic E-state index is 10.9. The van der Waals surface area contributed by atoms with Gasteiger partial charge in [0, 0.05) is 18.8 Å². The second-order valence-corrected chi connectivity index (χ2v) is 5.16. The number of carboxylic acid groups (broad SMARTS) is 1. The molecule has 0 saturated heterocycles. The molecule has 2 atom stereocenters. The van der Waals surface area contributed by atoms with E-state index in [-0.39, 0.29) is 6.04 Å². The highest BCUT2D eigenvalue weighted by Gasteiger charge is 2.13. The molecule has 2 aromatic rings. The molecule has 1 heterocycles. The monoisotopic (exact) mass is 284 g/mol. The fraction of sp³-hybridized carbons (Fsp3) is 0.294. The summed E-state index contributed by atoms with van der Waals surface area (Å²) in [6.45, 7) is 4.49. The number of hydrogen-bond acceptors (Lipinski definition) is 3. The lowest BCUT2D eigenvalue weighted by Crippen LogP contribution is -2.19. The molecule has 0 aliphatic carbocycles. The first-order valence-electron chi connectivity index (χ1n) is 7.04. The molecule has 0 amide bonds. The second-order valence-electron chi connectivity index (χ2n) is 5.16. The average Bonchev–Trinajstić information content (AvgIpc) is 2.53. The zero-order chi connectivity index (χ0) is 15.2. The van der Waals surface area contributed by atoms with Gasteiger partial charge in [0.1, 0.15) is 0 Å². The standard InChI is InChI=1S/C17H20N2O2/c1-12(17(20)21)15-8-6-14(7-9-15)11-19-13(2)16-5-3-4-10-18-16/h3-10,12-13,19H,11H2,1-2H3,(H,20,21)/t12?,13-/m1/s1. The van der Waals surface area contributed by atoms with Crippen LogP contribution in [0, 0.1) is 0 Å². The molecule has 0 aliphatic heterocycles. The van der Waals surface area contributed by atoms with Crippen molar-refractivity contribution in [2.24, 2.45) is 0 Å². The van der Waals surface area contributed by atoms with Crippen LogP contribution >= 0.6 is 0 Å². The predicted molar refractivity (Wildman–Crippen MR) is 82.0 cm³/mol. The highest BCUT2D eigenvalue weighted by Crippen LogP contribution is 2.16. The first-order valence-corrected chi connectivity index (χ1v) is 7.04. The Balaban J connectivity index is 1.93. The minimum absolute atomic E-state index is 0.170. The van der Waals surface area contributed by atoms with Crippen LogP contribution in [0.1, 0.15) is 42.6 Å². The summed E-state index contributed by atoms with van der Waals surface area (Å²) in [4.78, 5) is 15.3. The van der Waals surface area contributed by atoms with Gasteiger partial charge in [-0.1, -0.05) is 30.3 Å². The quantitative estimate of drug-likeness (QED) is 0.855. The molecule has 21 heavy (non-hydrogen) atoms. The molecule has 4 heteroatoms. The number of carboxylic acids is 1. The largest absolute Gasteiger partial charge is 0.481 e. The van der Waals surface area contributed by atoms with E-state index in [2.05, 4.69) is 17.2 Å². The zero-order valence-electron chi connectivity index (χ0n) is 12.3. The molecule has 0 aliphatic rings. The van der Waals surface area contributed by atoms with Crippen LogP contribution in [0.15, 0.2) is 48.7 Å². The van der Waals surface area contributed by atoms with E-state index in [0.29, 0.717) is 0 Å². The molecule has 1 unspecified atom stereocenters. The molecular weight excluding hydrogens is 264 g/mol. The van der Waals surface area contributed by atoms with Crippen molar-refractivity contribution in [3.63, 3.8) is 0 Å². The number of aliphatic carboxylic acids is 1. The van der Waals surface area contributed by atoms with Gasteiger partial charge < -0.3 is 10.4 Å². The van der Waals surface area contributed by atoms with Crippen molar-refractivity contribution in [3.8, 4) is 0 Å². The first-order chi connectivity index (χ1) is 10.1. The molecule has 110 valence electrons. The molecule has 0 bridgehead atoms. The van der Waals surface area contributed by atoms with Crippen LogP contribution in [0.5, 0.6) is 0 Å². The van der Waals surface area contributed by atoms with Gasteiger partial charge in [0.25, 0.3) is 0 Å². The summed E-state index contributed by atoms with van der Waals surface area (Å²) in [7, 11) is 0. The van der Waals surface area contributed by atoms with Gasteiger partial charge in [-0.05, 0) is 37.1 Å². The Hall–Kier alpha value is -2.20. The van der Waals surface area contributed by atoms with Crippen LogP contribution in [0.3, 0.4) is 0 Å². The van der Waals surface area contributed by atoms with Gasteiger partial charge in [0.15, 0.2) is 0 Å². The lowest BCUT2D eigenvalue weighted by Gasteiger charge is -2.14. The SMILES string of the molecule is CC(C(=O)O)c1ccc(CN[C@H](C)c2ccccn2)cc1. The molecular formula is C17H20N2O2. The smallest absolute Gasteiger partial charge is 0.310 e. The minimum Gasteiger partial charge on any atom is -0.481 e. The van der Waals surface area contributed by atoms with Gasteiger partial charge in [-0.25, -0.2) is 0 Å². The number of nitrogens with one attached hydrogen (secondary N) is 1. The molecule has 0 radical (unpaired) electrons.